The van der Waals surface area contributed by atoms with Gasteiger partial charge in [-0.3, -0.25) is 4.90 Å². The summed E-state index contributed by atoms with van der Waals surface area (Å²) in [5.41, 5.74) is 8.75. The van der Waals surface area contributed by atoms with Crippen molar-refractivity contribution in [2.45, 2.75) is 107 Å². The molecule has 3 aliphatic heterocycles. The van der Waals surface area contributed by atoms with Crippen molar-refractivity contribution in [2.75, 3.05) is 37.4 Å². The highest BCUT2D eigenvalue weighted by Crippen LogP contribution is 2.55. The summed E-state index contributed by atoms with van der Waals surface area (Å²) in [6, 6.07) is 2.13. The average molecular weight is 674 g/mol. The summed E-state index contributed by atoms with van der Waals surface area (Å²) in [6.07, 6.45) is 6.16. The zero-order chi connectivity index (χ0) is 33.1. The van der Waals surface area contributed by atoms with E-state index in [2.05, 4.69) is 22.8 Å². The number of fused-ring (bicyclic) bond motifs is 6. The Morgan fingerprint density at radius 1 is 1.21 bits per heavy atom. The molecule has 4 aromatic heterocycles. The number of aliphatic hydroxyl groups is 1. The molecule has 0 amide bonds. The minimum atomic E-state index is -0.899. The molecule has 252 valence electrons. The van der Waals surface area contributed by atoms with Gasteiger partial charge in [-0.25, -0.2) is 19.0 Å². The normalized spacial score (nSPS) is 30.4. The second-order valence-electron chi connectivity index (χ2n) is 14.9. The van der Waals surface area contributed by atoms with Crippen LogP contribution in [-0.2, 0) is 18.3 Å². The maximum Gasteiger partial charge on any atom is 0.246 e. The molecule has 2 saturated heterocycles. The summed E-state index contributed by atoms with van der Waals surface area (Å²) in [4.78, 5) is 15.8. The standard InChI is InChI=1S/C34H40FN9O3S/c1-17(22-12-18(35)14-42(22)3)44-31-24-30(43-16-33(2,45)11-8-19(43)15-46-32(24)40-44)38-29(39-31)26-20-6-4-9-34(27(20)47-41-26)10-5-7-23-25(34)21(13-36)28(37)48-23/h17-19,22,45H,4-12,14-16,37H2,1-3H3/t17-,18+,19+,22-,33+,34-/m0/s1. The van der Waals surface area contributed by atoms with Crippen LogP contribution >= 0.6 is 11.3 Å². The van der Waals surface area contributed by atoms with Gasteiger partial charge in [0, 0.05) is 29.6 Å². The highest BCUT2D eigenvalue weighted by molar-refractivity contribution is 7.16. The van der Waals surface area contributed by atoms with Gasteiger partial charge in [0.15, 0.2) is 22.9 Å². The van der Waals surface area contributed by atoms with Crippen LogP contribution in [0.1, 0.15) is 92.2 Å². The molecule has 0 unspecified atom stereocenters. The molecule has 1 spiro atoms. The van der Waals surface area contributed by atoms with Crippen LogP contribution in [0, 0.1) is 11.3 Å². The van der Waals surface area contributed by atoms with Gasteiger partial charge in [-0.1, -0.05) is 5.16 Å². The number of nitriles is 1. The van der Waals surface area contributed by atoms with Gasteiger partial charge in [0.1, 0.15) is 35.1 Å². The first kappa shape index (κ1) is 30.3. The second kappa shape index (κ2) is 10.6. The van der Waals surface area contributed by atoms with Crippen LogP contribution in [0.4, 0.5) is 15.2 Å². The molecule has 5 aliphatic rings. The quantitative estimate of drug-likeness (QED) is 0.312. The molecule has 4 aromatic rings. The topological polar surface area (TPSA) is 155 Å². The third-order valence-corrected chi connectivity index (χ3v) is 12.8. The Hall–Kier alpha value is -3.80. The summed E-state index contributed by atoms with van der Waals surface area (Å²) in [5, 5.41) is 32.3. The van der Waals surface area contributed by atoms with E-state index in [1.165, 1.54) is 16.2 Å². The average Bonchev–Trinajstić information content (AvgIpc) is 3.80. The Kier molecular flexibility index (Phi) is 6.68. The molecule has 9 rings (SSSR count). The molecular formula is C34H40FN9O3S. The molecule has 3 N–H and O–H groups in total. The van der Waals surface area contributed by atoms with Crippen LogP contribution in [-0.4, -0.2) is 85.5 Å². The smallest absolute Gasteiger partial charge is 0.246 e. The van der Waals surface area contributed by atoms with E-state index < -0.39 is 17.2 Å². The van der Waals surface area contributed by atoms with Gasteiger partial charge in [0.2, 0.25) is 5.88 Å². The Labute approximate surface area is 281 Å². The number of likely N-dealkylation sites (N-methyl/N-ethyl adjacent to an activating group) is 1. The summed E-state index contributed by atoms with van der Waals surface area (Å²) in [7, 11) is 1.95. The third-order valence-electron chi connectivity index (χ3n) is 11.7. The van der Waals surface area contributed by atoms with E-state index in [9.17, 15) is 14.8 Å². The number of nitrogens with two attached hydrogens (primary N) is 1. The van der Waals surface area contributed by atoms with E-state index in [-0.39, 0.29) is 18.1 Å². The number of halogens is 1. The van der Waals surface area contributed by atoms with Gasteiger partial charge >= 0.3 is 0 Å². The number of likely N-dealkylation sites (tertiary alicyclic amines) is 1. The summed E-state index contributed by atoms with van der Waals surface area (Å²) >= 11 is 1.52. The predicted molar refractivity (Wildman–Crippen MR) is 178 cm³/mol. The van der Waals surface area contributed by atoms with E-state index in [4.69, 9.17) is 35.2 Å². The van der Waals surface area contributed by atoms with Crippen LogP contribution in [0.25, 0.3) is 22.6 Å². The molecule has 0 aromatic carbocycles. The van der Waals surface area contributed by atoms with E-state index in [0.29, 0.717) is 77.4 Å². The number of thiophene rings is 1. The molecule has 7 heterocycles. The lowest BCUT2D eigenvalue weighted by Gasteiger charge is -2.42. The van der Waals surface area contributed by atoms with Crippen molar-refractivity contribution in [2.24, 2.45) is 0 Å². The number of aryl methyl sites for hydroxylation is 1. The molecule has 12 nitrogen and oxygen atoms in total. The highest BCUT2D eigenvalue weighted by Gasteiger charge is 2.49. The number of rotatable bonds is 3. The molecule has 2 aliphatic carbocycles. The van der Waals surface area contributed by atoms with Crippen molar-refractivity contribution in [3.05, 3.63) is 27.3 Å². The van der Waals surface area contributed by atoms with Gasteiger partial charge in [-0.2, -0.15) is 5.26 Å². The van der Waals surface area contributed by atoms with Gasteiger partial charge in [-0.05, 0) is 84.2 Å². The molecule has 6 atom stereocenters. The van der Waals surface area contributed by atoms with E-state index in [1.807, 2.05) is 18.7 Å². The van der Waals surface area contributed by atoms with E-state index >= 15 is 0 Å². The second-order valence-corrected chi connectivity index (χ2v) is 16.0. The number of hydrogen-bond donors (Lipinski definition) is 2. The first-order chi connectivity index (χ1) is 23.1. The Morgan fingerprint density at radius 2 is 2.02 bits per heavy atom. The van der Waals surface area contributed by atoms with Crippen molar-refractivity contribution in [1.29, 1.82) is 5.26 Å². The Morgan fingerprint density at radius 3 is 2.79 bits per heavy atom. The number of nitrogens with zero attached hydrogens (tertiary/aromatic N) is 8. The van der Waals surface area contributed by atoms with Gasteiger partial charge < -0.3 is 25.0 Å². The number of hydrogen-bond acceptors (Lipinski definition) is 12. The van der Waals surface area contributed by atoms with Crippen molar-refractivity contribution >= 4 is 33.2 Å². The zero-order valence-corrected chi connectivity index (χ0v) is 28.3. The fraction of sp³-hybridized carbons (Fsp3) is 0.618. The first-order valence-electron chi connectivity index (χ1n) is 17.2. The molecule has 0 radical (unpaired) electrons. The molecule has 0 bridgehead atoms. The lowest BCUT2D eigenvalue weighted by molar-refractivity contribution is 0.0321. The number of alkyl halides is 1. The number of ether oxygens (including phenoxy) is 1. The highest BCUT2D eigenvalue weighted by atomic mass is 32.1. The van der Waals surface area contributed by atoms with Crippen LogP contribution in [0.2, 0.25) is 0 Å². The van der Waals surface area contributed by atoms with E-state index in [1.54, 1.807) is 0 Å². The fourth-order valence-corrected chi connectivity index (χ4v) is 10.6. The van der Waals surface area contributed by atoms with Gasteiger partial charge in [0.05, 0.1) is 28.7 Å². The molecular weight excluding hydrogens is 633 g/mol. The number of piperidine rings is 1. The summed E-state index contributed by atoms with van der Waals surface area (Å²) in [6.45, 7) is 5.10. The third kappa shape index (κ3) is 4.29. The van der Waals surface area contributed by atoms with Crippen molar-refractivity contribution in [3.8, 4) is 23.5 Å². The lowest BCUT2D eigenvalue weighted by atomic mass is 9.63. The van der Waals surface area contributed by atoms with Gasteiger partial charge in [0.25, 0.3) is 0 Å². The number of aromatic nitrogens is 5. The maximum absolute atomic E-state index is 14.6. The Balaban J connectivity index is 1.24. The summed E-state index contributed by atoms with van der Waals surface area (Å²) in [5.74, 6) is 2.34. The number of nitrogen functional groups attached to an aromatic ring is 1. The van der Waals surface area contributed by atoms with Crippen molar-refractivity contribution < 1.29 is 18.8 Å². The minimum absolute atomic E-state index is 0.00751. The Bertz CT molecular complexity index is 1990. The van der Waals surface area contributed by atoms with Crippen molar-refractivity contribution in [3.63, 3.8) is 0 Å². The molecule has 48 heavy (non-hydrogen) atoms. The van der Waals surface area contributed by atoms with E-state index in [0.717, 1.165) is 61.8 Å². The molecule has 14 heteroatoms. The summed E-state index contributed by atoms with van der Waals surface area (Å²) < 4.78 is 29.1. The first-order valence-corrected chi connectivity index (χ1v) is 18.0. The maximum atomic E-state index is 14.6. The largest absolute Gasteiger partial charge is 0.474 e. The van der Waals surface area contributed by atoms with Crippen LogP contribution < -0.4 is 15.4 Å². The minimum Gasteiger partial charge on any atom is -0.474 e. The lowest BCUT2D eigenvalue weighted by Crippen LogP contribution is -2.53. The number of anilines is 2. The van der Waals surface area contributed by atoms with Crippen molar-refractivity contribution in [1.82, 2.24) is 29.8 Å². The molecule has 0 saturated carbocycles. The molecule has 2 fully saturated rings. The monoisotopic (exact) mass is 673 g/mol. The fourth-order valence-electron chi connectivity index (χ4n) is 9.40. The van der Waals surface area contributed by atoms with Crippen LogP contribution in [0.5, 0.6) is 5.88 Å². The zero-order valence-electron chi connectivity index (χ0n) is 27.5. The van der Waals surface area contributed by atoms with Crippen LogP contribution in [0.15, 0.2) is 4.52 Å². The van der Waals surface area contributed by atoms with Gasteiger partial charge in [-0.15, -0.1) is 16.4 Å². The van der Waals surface area contributed by atoms with Crippen LogP contribution in [0.3, 0.4) is 0 Å². The SMILES string of the molecule is C[C@@H]([C@@H]1C[C@@H](F)CN1C)n1nc2c3c(nc(-c4noc5c4CCC[C@@]54CCCc5sc(N)c(C#N)c54)nc31)N1C[C@](C)(O)CC[C@@H]1CO2. The predicted octanol–water partition coefficient (Wildman–Crippen LogP) is 4.67.